The van der Waals surface area contributed by atoms with E-state index in [2.05, 4.69) is 4.74 Å². The minimum absolute atomic E-state index is 0.196. The van der Waals surface area contributed by atoms with E-state index in [4.69, 9.17) is 14.9 Å². The maximum Gasteiger partial charge on any atom is 0.333 e. The Kier molecular flexibility index (Phi) is 6.09. The fourth-order valence-electron chi connectivity index (χ4n) is 1.37. The molecule has 0 heterocycles. The zero-order valence-electron chi connectivity index (χ0n) is 11.6. The fraction of sp³-hybridized carbons (Fsp3) is 0.214. The van der Waals surface area contributed by atoms with Gasteiger partial charge in [0.1, 0.15) is 0 Å². The lowest BCUT2D eigenvalue weighted by molar-refractivity contribution is -0.152. The first-order valence-electron chi connectivity index (χ1n) is 6.04. The number of benzene rings is 1. The Morgan fingerprint density at radius 2 is 2.00 bits per heavy atom. The second-order valence-electron chi connectivity index (χ2n) is 4.12. The van der Waals surface area contributed by atoms with E-state index in [0.717, 1.165) is 6.08 Å². The van der Waals surface area contributed by atoms with Crippen LogP contribution in [0.15, 0.2) is 24.3 Å². The summed E-state index contributed by atoms with van der Waals surface area (Å²) in [6.45, 7) is 0. The van der Waals surface area contributed by atoms with Gasteiger partial charge in [-0.3, -0.25) is 4.79 Å². The van der Waals surface area contributed by atoms with Gasteiger partial charge in [-0.05, 0) is 23.8 Å². The summed E-state index contributed by atoms with van der Waals surface area (Å²) >= 11 is 0. The first-order valence-corrected chi connectivity index (χ1v) is 6.04. The van der Waals surface area contributed by atoms with Crippen LogP contribution in [0.1, 0.15) is 12.0 Å². The summed E-state index contributed by atoms with van der Waals surface area (Å²) in [5.41, 5.74) is 0.452. The molecule has 0 spiro atoms. The van der Waals surface area contributed by atoms with Gasteiger partial charge in [-0.25, -0.2) is 9.59 Å². The Morgan fingerprint density at radius 1 is 1.32 bits per heavy atom. The molecule has 0 aliphatic heterocycles. The van der Waals surface area contributed by atoms with Gasteiger partial charge in [-0.1, -0.05) is 6.07 Å². The van der Waals surface area contributed by atoms with Crippen molar-refractivity contribution in [3.8, 4) is 11.5 Å². The fourth-order valence-corrected chi connectivity index (χ4v) is 1.37. The average molecular weight is 310 g/mol. The molecule has 8 nitrogen and oxygen atoms in total. The number of aliphatic hydroxyl groups excluding tert-OH is 1. The molecule has 1 unspecified atom stereocenters. The third-order valence-corrected chi connectivity index (χ3v) is 2.46. The van der Waals surface area contributed by atoms with Crippen LogP contribution in [0, 0.1) is 0 Å². The number of ether oxygens (including phenoxy) is 2. The van der Waals surface area contributed by atoms with E-state index < -0.39 is 30.4 Å². The molecule has 8 heteroatoms. The van der Waals surface area contributed by atoms with Gasteiger partial charge in [0.05, 0.1) is 13.5 Å². The molecule has 22 heavy (non-hydrogen) atoms. The monoisotopic (exact) mass is 310 g/mol. The predicted molar refractivity (Wildman–Crippen MR) is 73.1 cm³/mol. The van der Waals surface area contributed by atoms with Crippen LogP contribution in [0.2, 0.25) is 0 Å². The number of carboxylic acids is 1. The summed E-state index contributed by atoms with van der Waals surface area (Å²) in [7, 11) is 1.22. The summed E-state index contributed by atoms with van der Waals surface area (Å²) in [5.74, 6) is -3.71. The van der Waals surface area contributed by atoms with Crippen LogP contribution in [0.5, 0.6) is 11.5 Å². The van der Waals surface area contributed by atoms with Crippen molar-refractivity contribution in [2.45, 2.75) is 12.5 Å². The van der Waals surface area contributed by atoms with Crippen molar-refractivity contribution in [1.29, 1.82) is 0 Å². The molecule has 0 fully saturated rings. The molecule has 1 rings (SSSR count). The van der Waals surface area contributed by atoms with Crippen LogP contribution in [0.4, 0.5) is 0 Å². The number of methoxy groups -OCH3 is 1. The molecule has 1 aromatic rings. The molecule has 3 N–H and O–H groups in total. The molecule has 118 valence electrons. The number of carbonyl (C=O) groups is 3. The van der Waals surface area contributed by atoms with E-state index in [1.165, 1.54) is 31.4 Å². The van der Waals surface area contributed by atoms with Crippen molar-refractivity contribution in [3.05, 3.63) is 29.8 Å². The second kappa shape index (κ2) is 7.79. The highest BCUT2D eigenvalue weighted by molar-refractivity contribution is 5.87. The number of aromatic hydroxyl groups is 1. The van der Waals surface area contributed by atoms with Gasteiger partial charge in [-0.15, -0.1) is 0 Å². The Balaban J connectivity index is 2.74. The molecule has 0 saturated carbocycles. The number of aliphatic hydroxyl groups is 1. The largest absolute Gasteiger partial charge is 0.504 e. The summed E-state index contributed by atoms with van der Waals surface area (Å²) in [6, 6.07) is 3.95. The maximum atomic E-state index is 11.4. The molecule has 0 saturated heterocycles. The van der Waals surface area contributed by atoms with Gasteiger partial charge in [0.2, 0.25) is 0 Å². The van der Waals surface area contributed by atoms with Crippen molar-refractivity contribution in [3.63, 3.8) is 0 Å². The van der Waals surface area contributed by atoms with E-state index in [9.17, 15) is 19.5 Å². The maximum absolute atomic E-state index is 11.4. The Hall–Kier alpha value is -2.87. The van der Waals surface area contributed by atoms with Crippen LogP contribution < -0.4 is 4.74 Å². The molecule has 0 amide bonds. The smallest absolute Gasteiger partial charge is 0.333 e. The third-order valence-electron chi connectivity index (χ3n) is 2.46. The number of rotatable bonds is 6. The summed E-state index contributed by atoms with van der Waals surface area (Å²) in [5, 5.41) is 27.2. The van der Waals surface area contributed by atoms with Gasteiger partial charge < -0.3 is 24.8 Å². The number of phenols is 1. The molecular weight excluding hydrogens is 296 g/mol. The van der Waals surface area contributed by atoms with Crippen molar-refractivity contribution < 1.29 is 39.2 Å². The lowest BCUT2D eigenvalue weighted by atomic mass is 10.2. The van der Waals surface area contributed by atoms with Gasteiger partial charge in [-0.2, -0.15) is 0 Å². The summed E-state index contributed by atoms with van der Waals surface area (Å²) in [4.78, 5) is 32.7. The van der Waals surface area contributed by atoms with Crippen LogP contribution in [-0.2, 0) is 19.1 Å². The number of hydrogen-bond acceptors (Lipinski definition) is 7. The van der Waals surface area contributed by atoms with Gasteiger partial charge >= 0.3 is 17.9 Å². The molecule has 1 aromatic carbocycles. The quantitative estimate of drug-likeness (QED) is 0.389. The van der Waals surface area contributed by atoms with E-state index in [0.29, 0.717) is 5.56 Å². The molecule has 0 aliphatic rings. The molecule has 0 bridgehead atoms. The predicted octanol–water partition coefficient (Wildman–Crippen LogP) is 0.319. The number of aliphatic carboxylic acids is 1. The summed E-state index contributed by atoms with van der Waals surface area (Å²) in [6.07, 6.45) is -0.106. The van der Waals surface area contributed by atoms with E-state index in [1.54, 1.807) is 0 Å². The Morgan fingerprint density at radius 3 is 2.55 bits per heavy atom. The minimum atomic E-state index is -1.88. The normalized spacial score (nSPS) is 11.9. The number of carbonyl (C=O) groups excluding carboxylic acids is 2. The number of carboxylic acid groups (broad SMARTS) is 1. The molecular formula is C14H14O8. The minimum Gasteiger partial charge on any atom is -0.504 e. The molecule has 0 aliphatic carbocycles. The zero-order valence-corrected chi connectivity index (χ0v) is 11.6. The van der Waals surface area contributed by atoms with Crippen molar-refractivity contribution >= 4 is 24.0 Å². The third kappa shape index (κ3) is 5.25. The van der Waals surface area contributed by atoms with Gasteiger partial charge in [0.25, 0.3) is 0 Å². The van der Waals surface area contributed by atoms with Crippen molar-refractivity contribution in [2.75, 3.05) is 7.11 Å². The van der Waals surface area contributed by atoms with Gasteiger partial charge in [0, 0.05) is 6.08 Å². The van der Waals surface area contributed by atoms with Crippen molar-refractivity contribution in [1.82, 2.24) is 0 Å². The number of esters is 2. The molecule has 0 aromatic heterocycles. The van der Waals surface area contributed by atoms with Gasteiger partial charge in [0.15, 0.2) is 17.6 Å². The van der Waals surface area contributed by atoms with E-state index in [1.807, 2.05) is 0 Å². The zero-order chi connectivity index (χ0) is 16.7. The van der Waals surface area contributed by atoms with Crippen LogP contribution >= 0.6 is 0 Å². The topological polar surface area (TPSA) is 130 Å². The molecule has 1 atom stereocenters. The first-order chi connectivity index (χ1) is 10.3. The SMILES string of the molecule is COC(=O)/C=C/c1ccc(OC(=O)CC(O)C(=O)O)c(O)c1. The second-order valence-corrected chi connectivity index (χ2v) is 4.12. The number of phenolic OH excluding ortho intramolecular Hbond substituents is 1. The highest BCUT2D eigenvalue weighted by atomic mass is 16.5. The van der Waals surface area contributed by atoms with Crippen molar-refractivity contribution in [2.24, 2.45) is 0 Å². The Labute approximate surface area is 125 Å². The van der Waals surface area contributed by atoms with E-state index >= 15 is 0 Å². The van der Waals surface area contributed by atoms with E-state index in [-0.39, 0.29) is 11.5 Å². The first kappa shape index (κ1) is 17.2. The van der Waals surface area contributed by atoms with Crippen LogP contribution in [0.3, 0.4) is 0 Å². The van der Waals surface area contributed by atoms with Crippen LogP contribution in [0.25, 0.3) is 6.08 Å². The Bertz CT molecular complexity index is 605. The number of hydrogen-bond donors (Lipinski definition) is 3. The average Bonchev–Trinajstić information content (AvgIpc) is 2.46. The van der Waals surface area contributed by atoms with Crippen LogP contribution in [-0.4, -0.2) is 46.4 Å². The molecule has 0 radical (unpaired) electrons. The summed E-state index contributed by atoms with van der Waals surface area (Å²) < 4.78 is 9.15. The lowest BCUT2D eigenvalue weighted by Gasteiger charge is -2.08. The highest BCUT2D eigenvalue weighted by Crippen LogP contribution is 2.27. The lowest BCUT2D eigenvalue weighted by Crippen LogP contribution is -2.25. The highest BCUT2D eigenvalue weighted by Gasteiger charge is 2.20. The standard InChI is InChI=1S/C14H14O8/c1-21-12(17)5-3-8-2-4-11(9(15)6-8)22-13(18)7-10(16)14(19)20/h2-6,10,15-16H,7H2,1H3,(H,19,20)/b5-3+.